The van der Waals surface area contributed by atoms with Gasteiger partial charge in [0.05, 0.1) is 19.6 Å². The zero-order valence-corrected chi connectivity index (χ0v) is 18.8. The molecule has 0 spiro atoms. The van der Waals surface area contributed by atoms with E-state index in [0.717, 1.165) is 67.4 Å². The number of carbonyl (C=O) groups excluding carboxylic acids is 1. The summed E-state index contributed by atoms with van der Waals surface area (Å²) in [4.78, 5) is 14.2. The minimum Gasteiger partial charge on any atom is -0.454 e. The van der Waals surface area contributed by atoms with E-state index in [-0.39, 0.29) is 12.0 Å². The molecule has 1 aromatic rings. The van der Waals surface area contributed by atoms with Crippen molar-refractivity contribution >= 4 is 17.3 Å². The van der Waals surface area contributed by atoms with Crippen LogP contribution < -0.4 is 0 Å². The second-order valence-electron chi connectivity index (χ2n) is 9.77. The van der Waals surface area contributed by atoms with Crippen molar-refractivity contribution < 1.29 is 19.1 Å². The second kappa shape index (κ2) is 8.52. The van der Waals surface area contributed by atoms with Crippen LogP contribution in [0.1, 0.15) is 63.7 Å². The Morgan fingerprint density at radius 2 is 2.00 bits per heavy atom. The molecule has 2 atom stereocenters. The van der Waals surface area contributed by atoms with Gasteiger partial charge >= 0.3 is 5.97 Å². The average molecular weight is 419 g/mol. The van der Waals surface area contributed by atoms with Crippen LogP contribution >= 0.6 is 11.3 Å². The quantitative estimate of drug-likeness (QED) is 0.399. The molecule has 3 saturated heterocycles. The van der Waals surface area contributed by atoms with Crippen LogP contribution in [0.15, 0.2) is 29.2 Å². The third-order valence-corrected chi connectivity index (χ3v) is 8.60. The van der Waals surface area contributed by atoms with Crippen LogP contribution in [-0.4, -0.2) is 47.8 Å². The molecule has 1 saturated carbocycles. The molecular formula is C24H36NO3S+. The van der Waals surface area contributed by atoms with Crippen LogP contribution in [-0.2, 0) is 15.1 Å². The Kier molecular flexibility index (Phi) is 6.19. The summed E-state index contributed by atoms with van der Waals surface area (Å²) in [6, 6.07) is 3.82. The fourth-order valence-electron chi connectivity index (χ4n) is 5.83. The van der Waals surface area contributed by atoms with Crippen molar-refractivity contribution in [3.63, 3.8) is 0 Å². The number of nitrogens with zero attached hydrogens (tertiary/aromatic N) is 1. The molecule has 1 N–H and O–H groups in total. The van der Waals surface area contributed by atoms with E-state index in [1.807, 2.05) is 17.5 Å². The number of fused-ring (bicyclic) bond motifs is 3. The van der Waals surface area contributed by atoms with Crippen molar-refractivity contribution in [1.29, 1.82) is 0 Å². The molecule has 5 rings (SSSR count). The van der Waals surface area contributed by atoms with Gasteiger partial charge in [-0.25, -0.2) is 4.79 Å². The minimum atomic E-state index is -1.47. The first-order valence-corrected chi connectivity index (χ1v) is 12.3. The standard InChI is InChI=1S/C24H36NO3S/c1-18(2)7-5-13-25-14-11-19(12-15-25)21(17-25)28-23(26)24(27,20-8-3-4-9-20)22-10-6-16-29-22/h6-7,10,16,19-21,27H,3-5,8-9,11-15,17H2,1-2H3/q+1/t19?,21-,24+,25?/m0/s1. The van der Waals surface area contributed by atoms with Crippen molar-refractivity contribution in [2.45, 2.75) is 70.5 Å². The lowest BCUT2D eigenvalue weighted by Gasteiger charge is -2.52. The lowest BCUT2D eigenvalue weighted by molar-refractivity contribution is -0.945. The van der Waals surface area contributed by atoms with E-state index in [1.165, 1.54) is 30.0 Å². The first kappa shape index (κ1) is 21.1. The van der Waals surface area contributed by atoms with Gasteiger partial charge in [0.25, 0.3) is 0 Å². The Balaban J connectivity index is 1.48. The Morgan fingerprint density at radius 3 is 2.62 bits per heavy atom. The minimum absolute atomic E-state index is 0.0180. The summed E-state index contributed by atoms with van der Waals surface area (Å²) in [7, 11) is 0. The number of carbonyl (C=O) groups is 1. The zero-order valence-electron chi connectivity index (χ0n) is 17.9. The number of allylic oxidation sites excluding steroid dienone is 1. The molecule has 160 valence electrons. The summed E-state index contributed by atoms with van der Waals surface area (Å²) in [5, 5.41) is 13.6. The van der Waals surface area contributed by atoms with Gasteiger partial charge in [-0.1, -0.05) is 30.6 Å². The largest absolute Gasteiger partial charge is 0.454 e. The van der Waals surface area contributed by atoms with Gasteiger partial charge in [0.2, 0.25) is 0 Å². The predicted octanol–water partition coefficient (Wildman–Crippen LogP) is 4.63. The molecule has 0 amide bonds. The van der Waals surface area contributed by atoms with Gasteiger partial charge in [-0.2, -0.15) is 0 Å². The summed E-state index contributed by atoms with van der Waals surface area (Å²) >= 11 is 1.47. The number of aliphatic hydroxyl groups is 1. The maximum absolute atomic E-state index is 13.4. The average Bonchev–Trinajstić information content (AvgIpc) is 3.42. The Hall–Kier alpha value is -1.17. The molecule has 4 aliphatic rings. The SMILES string of the molecule is CC(C)=CCC[N+]12CCC(CC1)[C@@H](OC(=O)[C@](O)(c1cccs1)C1CCCC1)C2. The Morgan fingerprint density at radius 1 is 1.28 bits per heavy atom. The predicted molar refractivity (Wildman–Crippen MR) is 117 cm³/mol. The number of hydrogen-bond donors (Lipinski definition) is 1. The lowest BCUT2D eigenvalue weighted by Crippen LogP contribution is -2.65. The van der Waals surface area contributed by atoms with Crippen LogP contribution in [0.2, 0.25) is 0 Å². The summed E-state index contributed by atoms with van der Waals surface area (Å²) < 4.78 is 7.23. The third-order valence-electron chi connectivity index (χ3n) is 7.61. The molecule has 4 fully saturated rings. The molecule has 4 heterocycles. The van der Waals surface area contributed by atoms with Crippen LogP contribution in [0, 0.1) is 11.8 Å². The number of ether oxygens (including phenoxy) is 1. The van der Waals surface area contributed by atoms with E-state index < -0.39 is 11.6 Å². The summed E-state index contributed by atoms with van der Waals surface area (Å²) in [6.07, 6.45) is 9.61. The number of thiophene rings is 1. The van der Waals surface area contributed by atoms with Crippen molar-refractivity contribution in [2.75, 3.05) is 26.2 Å². The maximum Gasteiger partial charge on any atom is 0.344 e. The second-order valence-corrected chi connectivity index (χ2v) is 10.7. The van der Waals surface area contributed by atoms with Gasteiger partial charge in [-0.05, 0) is 38.1 Å². The van der Waals surface area contributed by atoms with Gasteiger partial charge in [0.1, 0.15) is 6.54 Å². The van der Waals surface area contributed by atoms with E-state index in [0.29, 0.717) is 5.92 Å². The van der Waals surface area contributed by atoms with E-state index in [4.69, 9.17) is 4.74 Å². The fourth-order valence-corrected chi connectivity index (χ4v) is 6.72. The highest BCUT2D eigenvalue weighted by molar-refractivity contribution is 7.10. The Bertz CT molecular complexity index is 725. The van der Waals surface area contributed by atoms with Crippen LogP contribution in [0.5, 0.6) is 0 Å². The molecular weight excluding hydrogens is 382 g/mol. The normalized spacial score (nSPS) is 31.4. The first-order valence-electron chi connectivity index (χ1n) is 11.4. The summed E-state index contributed by atoms with van der Waals surface area (Å²) in [6.45, 7) is 8.76. The maximum atomic E-state index is 13.4. The lowest BCUT2D eigenvalue weighted by atomic mass is 9.82. The van der Waals surface area contributed by atoms with E-state index in [9.17, 15) is 9.90 Å². The highest BCUT2D eigenvalue weighted by atomic mass is 32.1. The van der Waals surface area contributed by atoms with Gasteiger partial charge in [-0.15, -0.1) is 11.3 Å². The molecule has 2 bridgehead atoms. The number of rotatable bonds is 7. The number of esters is 1. The number of quaternary nitrogens is 1. The molecule has 0 aromatic carbocycles. The highest BCUT2D eigenvalue weighted by Gasteiger charge is 2.52. The van der Waals surface area contributed by atoms with Gasteiger partial charge in [0.15, 0.2) is 11.7 Å². The van der Waals surface area contributed by atoms with Crippen molar-refractivity contribution in [1.82, 2.24) is 0 Å². The smallest absolute Gasteiger partial charge is 0.344 e. The molecule has 0 radical (unpaired) electrons. The Labute approximate surface area is 179 Å². The number of piperidine rings is 3. The first-order chi connectivity index (χ1) is 13.9. The van der Waals surface area contributed by atoms with Gasteiger partial charge < -0.3 is 14.3 Å². The van der Waals surface area contributed by atoms with Crippen LogP contribution in [0.3, 0.4) is 0 Å². The van der Waals surface area contributed by atoms with Crippen LogP contribution in [0.4, 0.5) is 0 Å². The molecule has 1 aliphatic carbocycles. The molecule has 4 nitrogen and oxygen atoms in total. The van der Waals surface area contributed by atoms with Crippen LogP contribution in [0.25, 0.3) is 0 Å². The zero-order chi connectivity index (χ0) is 20.5. The van der Waals surface area contributed by atoms with E-state index in [2.05, 4.69) is 19.9 Å². The fraction of sp³-hybridized carbons (Fsp3) is 0.708. The monoisotopic (exact) mass is 418 g/mol. The highest BCUT2D eigenvalue weighted by Crippen LogP contribution is 2.44. The topological polar surface area (TPSA) is 46.5 Å². The van der Waals surface area contributed by atoms with E-state index >= 15 is 0 Å². The van der Waals surface area contributed by atoms with Crippen molar-refractivity contribution in [3.8, 4) is 0 Å². The summed E-state index contributed by atoms with van der Waals surface area (Å²) in [5.74, 6) is 0.0437. The van der Waals surface area contributed by atoms with Gasteiger partial charge in [0, 0.05) is 36.0 Å². The molecule has 3 aliphatic heterocycles. The third kappa shape index (κ3) is 4.19. The summed E-state index contributed by atoms with van der Waals surface area (Å²) in [5.41, 5.74) is -0.0977. The van der Waals surface area contributed by atoms with Crippen molar-refractivity contribution in [2.24, 2.45) is 11.8 Å². The molecule has 29 heavy (non-hydrogen) atoms. The van der Waals surface area contributed by atoms with E-state index in [1.54, 1.807) is 0 Å². The molecule has 1 aromatic heterocycles. The molecule has 5 heteroatoms. The molecule has 0 unspecified atom stereocenters. The van der Waals surface area contributed by atoms with Gasteiger partial charge in [-0.3, -0.25) is 0 Å². The van der Waals surface area contributed by atoms with Crippen molar-refractivity contribution in [3.05, 3.63) is 34.0 Å². The number of hydrogen-bond acceptors (Lipinski definition) is 4.